The van der Waals surface area contributed by atoms with Gasteiger partial charge in [-0.3, -0.25) is 0 Å². The van der Waals surface area contributed by atoms with Crippen molar-refractivity contribution >= 4 is 13.3 Å². The van der Waals surface area contributed by atoms with Crippen molar-refractivity contribution in [3.8, 4) is 0 Å². The Labute approximate surface area is 119 Å². The van der Waals surface area contributed by atoms with Crippen molar-refractivity contribution in [2.75, 3.05) is 0 Å². The standard InChI is InChI=1S/C18H28Si/c1-4-11-18(16-12-7-5-8-13-16)19(2,3)17-14-9-6-10-15-17/h4,6,9-11,14-16,18H,5,7-8,12-13H2,1-3H3/b11-4+/t18-/m0/s1. The van der Waals surface area contributed by atoms with Crippen molar-refractivity contribution in [3.05, 3.63) is 42.5 Å². The molecule has 0 spiro atoms. The van der Waals surface area contributed by atoms with Crippen molar-refractivity contribution in [3.63, 3.8) is 0 Å². The Balaban J connectivity index is 2.26. The van der Waals surface area contributed by atoms with Crippen molar-refractivity contribution < 1.29 is 0 Å². The Morgan fingerprint density at radius 2 is 1.68 bits per heavy atom. The third-order valence-corrected chi connectivity index (χ3v) is 9.06. The highest BCUT2D eigenvalue weighted by Crippen LogP contribution is 2.40. The quantitative estimate of drug-likeness (QED) is 0.526. The van der Waals surface area contributed by atoms with Gasteiger partial charge in [-0.2, -0.15) is 0 Å². The Hall–Kier alpha value is -0.823. The van der Waals surface area contributed by atoms with Crippen molar-refractivity contribution in [1.29, 1.82) is 0 Å². The number of benzene rings is 1. The average molecular weight is 273 g/mol. The molecule has 104 valence electrons. The van der Waals surface area contributed by atoms with E-state index in [-0.39, 0.29) is 0 Å². The minimum Gasteiger partial charge on any atom is -0.0917 e. The molecule has 1 aliphatic rings. The van der Waals surface area contributed by atoms with E-state index in [0.717, 1.165) is 11.5 Å². The molecule has 0 aromatic heterocycles. The van der Waals surface area contributed by atoms with Gasteiger partial charge in [0.2, 0.25) is 0 Å². The second kappa shape index (κ2) is 6.56. The molecule has 1 heteroatoms. The van der Waals surface area contributed by atoms with Crippen LogP contribution in [0.2, 0.25) is 18.6 Å². The molecular weight excluding hydrogens is 244 g/mol. The highest BCUT2D eigenvalue weighted by atomic mass is 28.3. The third kappa shape index (κ3) is 3.39. The van der Waals surface area contributed by atoms with Crippen LogP contribution in [0.5, 0.6) is 0 Å². The average Bonchev–Trinajstić information content (AvgIpc) is 2.46. The summed E-state index contributed by atoms with van der Waals surface area (Å²) in [6.07, 6.45) is 12.0. The van der Waals surface area contributed by atoms with Gasteiger partial charge in [-0.25, -0.2) is 0 Å². The zero-order chi connectivity index (χ0) is 13.7. The summed E-state index contributed by atoms with van der Waals surface area (Å²) in [6, 6.07) is 11.3. The van der Waals surface area contributed by atoms with Crippen molar-refractivity contribution in [1.82, 2.24) is 0 Å². The van der Waals surface area contributed by atoms with Gasteiger partial charge in [0.1, 0.15) is 0 Å². The lowest BCUT2D eigenvalue weighted by Crippen LogP contribution is -2.48. The van der Waals surface area contributed by atoms with Crippen molar-refractivity contribution in [2.45, 2.75) is 57.7 Å². The fourth-order valence-electron chi connectivity index (χ4n) is 3.75. The van der Waals surface area contributed by atoms with Crippen LogP contribution < -0.4 is 5.19 Å². The second-order valence-corrected chi connectivity index (χ2v) is 11.2. The van der Waals surface area contributed by atoms with Gasteiger partial charge in [-0.15, -0.1) is 0 Å². The van der Waals surface area contributed by atoms with E-state index in [0.29, 0.717) is 0 Å². The van der Waals surface area contributed by atoms with Gasteiger partial charge in [-0.1, -0.05) is 92.9 Å². The summed E-state index contributed by atoms with van der Waals surface area (Å²) in [5.74, 6) is 0.923. The Kier molecular flexibility index (Phi) is 5.03. The van der Waals surface area contributed by atoms with Crippen LogP contribution in [0.4, 0.5) is 0 Å². The highest BCUT2D eigenvalue weighted by Gasteiger charge is 2.37. The molecule has 0 nitrogen and oxygen atoms in total. The van der Waals surface area contributed by atoms with E-state index in [9.17, 15) is 0 Å². The fraction of sp³-hybridized carbons (Fsp3) is 0.556. The summed E-state index contributed by atoms with van der Waals surface area (Å²) in [4.78, 5) is 0. The van der Waals surface area contributed by atoms with Crippen LogP contribution in [0.15, 0.2) is 42.5 Å². The number of rotatable bonds is 4. The molecule has 1 saturated carbocycles. The molecule has 0 bridgehead atoms. The van der Waals surface area contributed by atoms with E-state index < -0.39 is 8.07 Å². The van der Waals surface area contributed by atoms with Gasteiger partial charge < -0.3 is 0 Å². The van der Waals surface area contributed by atoms with E-state index in [1.165, 1.54) is 32.1 Å². The summed E-state index contributed by atoms with van der Waals surface area (Å²) in [6.45, 7) is 7.30. The van der Waals surface area contributed by atoms with E-state index >= 15 is 0 Å². The first-order valence-corrected chi connectivity index (χ1v) is 10.9. The molecule has 0 unspecified atom stereocenters. The first-order valence-electron chi connectivity index (χ1n) is 7.84. The molecule has 1 aromatic rings. The molecule has 0 aliphatic heterocycles. The minimum absolute atomic E-state index is 0.806. The molecule has 0 radical (unpaired) electrons. The largest absolute Gasteiger partial charge is 0.0917 e. The lowest BCUT2D eigenvalue weighted by atomic mass is 9.86. The van der Waals surface area contributed by atoms with Crippen LogP contribution >= 0.6 is 0 Å². The van der Waals surface area contributed by atoms with Gasteiger partial charge in [0.25, 0.3) is 0 Å². The van der Waals surface area contributed by atoms with Gasteiger partial charge in [0.05, 0.1) is 8.07 Å². The van der Waals surface area contributed by atoms with E-state index in [2.05, 4.69) is 62.5 Å². The predicted molar refractivity (Wildman–Crippen MR) is 88.7 cm³/mol. The van der Waals surface area contributed by atoms with Gasteiger partial charge in [0.15, 0.2) is 0 Å². The van der Waals surface area contributed by atoms with E-state index in [1.807, 2.05) is 0 Å². The maximum atomic E-state index is 2.56. The van der Waals surface area contributed by atoms with Crippen LogP contribution in [0, 0.1) is 5.92 Å². The van der Waals surface area contributed by atoms with Crippen LogP contribution in [0.1, 0.15) is 39.0 Å². The molecule has 1 atom stereocenters. The number of hydrogen-bond acceptors (Lipinski definition) is 0. The van der Waals surface area contributed by atoms with Crippen molar-refractivity contribution in [2.24, 2.45) is 5.92 Å². The molecule has 0 saturated heterocycles. The van der Waals surface area contributed by atoms with E-state index in [1.54, 1.807) is 5.19 Å². The second-order valence-electron chi connectivity index (χ2n) is 6.54. The Morgan fingerprint density at radius 1 is 1.05 bits per heavy atom. The molecule has 1 aliphatic carbocycles. The monoisotopic (exact) mass is 272 g/mol. The predicted octanol–water partition coefficient (Wildman–Crippen LogP) is 5.13. The van der Waals surface area contributed by atoms with Crippen LogP contribution in [0.3, 0.4) is 0 Å². The number of hydrogen-bond donors (Lipinski definition) is 0. The third-order valence-electron chi connectivity index (χ3n) is 4.91. The topological polar surface area (TPSA) is 0 Å². The van der Waals surface area contributed by atoms with Crippen LogP contribution in [0.25, 0.3) is 0 Å². The summed E-state index contributed by atoms with van der Waals surface area (Å²) < 4.78 is 0. The normalized spacial score (nSPS) is 19.7. The Bertz CT molecular complexity index is 399. The summed E-state index contributed by atoms with van der Waals surface area (Å²) in [5.41, 5.74) is 0.806. The zero-order valence-corrected chi connectivity index (χ0v) is 13.7. The molecule has 0 N–H and O–H groups in total. The fourth-order valence-corrected chi connectivity index (χ4v) is 7.37. The van der Waals surface area contributed by atoms with Gasteiger partial charge in [0, 0.05) is 0 Å². The molecule has 0 heterocycles. The minimum atomic E-state index is -1.40. The molecular formula is C18H28Si. The Morgan fingerprint density at radius 3 is 2.26 bits per heavy atom. The lowest BCUT2D eigenvalue weighted by Gasteiger charge is -2.38. The number of allylic oxidation sites excluding steroid dienone is 2. The SMILES string of the molecule is C/C=C/[C@@H](C1CCCCC1)[Si](C)(C)c1ccccc1. The molecule has 1 aromatic carbocycles. The molecule has 0 amide bonds. The summed E-state index contributed by atoms with van der Waals surface area (Å²) in [7, 11) is -1.40. The zero-order valence-electron chi connectivity index (χ0n) is 12.7. The molecule has 2 rings (SSSR count). The highest BCUT2D eigenvalue weighted by molar-refractivity contribution is 6.91. The lowest BCUT2D eigenvalue weighted by molar-refractivity contribution is 0.357. The summed E-state index contributed by atoms with van der Waals surface area (Å²) in [5, 5.41) is 1.61. The maximum Gasteiger partial charge on any atom is 0.0876 e. The van der Waals surface area contributed by atoms with Crippen LogP contribution in [-0.4, -0.2) is 8.07 Å². The summed E-state index contributed by atoms with van der Waals surface area (Å²) >= 11 is 0. The van der Waals surface area contributed by atoms with Gasteiger partial charge >= 0.3 is 0 Å². The van der Waals surface area contributed by atoms with E-state index in [4.69, 9.17) is 0 Å². The first-order chi connectivity index (χ1) is 9.16. The molecule has 1 fully saturated rings. The maximum absolute atomic E-state index is 2.56. The smallest absolute Gasteiger partial charge is 0.0876 e. The van der Waals surface area contributed by atoms with Crippen LogP contribution in [-0.2, 0) is 0 Å². The first kappa shape index (κ1) is 14.6. The van der Waals surface area contributed by atoms with Gasteiger partial charge in [-0.05, 0) is 18.4 Å². The molecule has 19 heavy (non-hydrogen) atoms.